The predicted molar refractivity (Wildman–Crippen MR) is 233 cm³/mol. The number of aryl methyl sites for hydroxylation is 1. The van der Waals surface area contributed by atoms with Crippen LogP contribution in [0.1, 0.15) is 103 Å². The van der Waals surface area contributed by atoms with E-state index in [1.807, 2.05) is 12.1 Å². The van der Waals surface area contributed by atoms with Gasteiger partial charge < -0.3 is 52.0 Å². The number of amides is 6. The van der Waals surface area contributed by atoms with E-state index in [0.29, 0.717) is 17.4 Å². The van der Waals surface area contributed by atoms with Crippen LogP contribution in [0.2, 0.25) is 0 Å². The van der Waals surface area contributed by atoms with Crippen LogP contribution in [0.15, 0.2) is 48.5 Å². The van der Waals surface area contributed by atoms with Crippen LogP contribution in [0.4, 0.5) is 0 Å². The molecule has 2 aliphatic heterocycles. The first kappa shape index (κ1) is 46.7. The number of likely N-dealkylation sites (tertiary alicyclic amines) is 1. The minimum Gasteiger partial charge on any atom is -0.404 e. The van der Waals surface area contributed by atoms with Gasteiger partial charge in [-0.2, -0.15) is 0 Å². The van der Waals surface area contributed by atoms with E-state index in [4.69, 9.17) is 20.8 Å². The van der Waals surface area contributed by atoms with Crippen molar-refractivity contribution in [3.8, 4) is 11.1 Å². The van der Waals surface area contributed by atoms with Crippen LogP contribution in [0.3, 0.4) is 0 Å². The van der Waals surface area contributed by atoms with Gasteiger partial charge in [-0.3, -0.25) is 28.8 Å². The predicted octanol–water partition coefficient (Wildman–Crippen LogP) is 1.74. The summed E-state index contributed by atoms with van der Waals surface area (Å²) in [6.07, 6.45) is 3.24. The lowest BCUT2D eigenvalue weighted by molar-refractivity contribution is -0.199. The van der Waals surface area contributed by atoms with Crippen molar-refractivity contribution in [1.29, 1.82) is 0 Å². The van der Waals surface area contributed by atoms with Gasteiger partial charge in [0.2, 0.25) is 29.5 Å². The van der Waals surface area contributed by atoms with E-state index in [1.165, 1.54) is 24.3 Å². The number of aliphatic hydroxyl groups excluding tert-OH is 1. The maximum Gasteiger partial charge on any atom is 0.481 e. The Morgan fingerprint density at radius 1 is 0.871 bits per heavy atom. The molecule has 2 heterocycles. The zero-order chi connectivity index (χ0) is 45.3. The third kappa shape index (κ3) is 9.85. The molecular weight excluding hydrogens is 793 g/mol. The Labute approximate surface area is 364 Å². The Morgan fingerprint density at radius 3 is 2.11 bits per heavy atom. The van der Waals surface area contributed by atoms with Crippen LogP contribution in [-0.4, -0.2) is 113 Å². The molecule has 5 aliphatic rings. The Kier molecular flexibility index (Phi) is 14.2. The zero-order valence-electron chi connectivity index (χ0n) is 36.9. The first-order chi connectivity index (χ1) is 29.2. The summed E-state index contributed by atoms with van der Waals surface area (Å²) in [4.78, 5) is 81.2. The number of benzene rings is 2. The molecule has 2 aromatic carbocycles. The standard InChI is InChI=1S/C45H64BN7O9/c1-8-9-10-27-11-13-28(14-12-27)29-15-17-30(18-16-29)43(60)53-23-32(47)21-34(53)41(58)52-38(25(3)54)42(59)49-24(2)39(56)51-33(22-37(48)55)40(57)50-26(4)46-61-36-20-31-19-35(44(31,5)6)45(36,7)62-46/h11-18,24-26,31-36,38,54H,8-10,19-23,47H2,1-7H3,(H2,48,55)(H,49,59)(H,50,57)(H,51,56)(H,52,58)/t24-,25+,26-,31-,32-,33-,34?,35-,36?,38-,45-/m0/s1. The Hall–Kier alpha value is -4.84. The summed E-state index contributed by atoms with van der Waals surface area (Å²) in [5, 5.41) is 20.9. The summed E-state index contributed by atoms with van der Waals surface area (Å²) in [7, 11) is -0.750. The molecule has 336 valence electrons. The summed E-state index contributed by atoms with van der Waals surface area (Å²) < 4.78 is 12.7. The molecular formula is C45H64BN7O9. The van der Waals surface area contributed by atoms with Gasteiger partial charge in [0, 0.05) is 18.2 Å². The molecule has 0 aromatic heterocycles. The van der Waals surface area contributed by atoms with E-state index < -0.39 is 96.8 Å². The second kappa shape index (κ2) is 18.9. The summed E-state index contributed by atoms with van der Waals surface area (Å²) in [5.41, 5.74) is 14.9. The molecule has 11 atom stereocenters. The SMILES string of the molecule is CCCCc1ccc(-c2ccc(C(=O)N3C[C@@H](N)CC3C(=O)N[C@H](C(=O)N[C@@H](C)C(=O)N[C@@H](CC(N)=O)C(=O)N[C@@H](C)B3OC4C[C@@H]5C[C@@H](C5(C)C)[C@]4(C)O3)[C@@H](C)O)cc2)cc1. The topological polar surface area (TPSA) is 245 Å². The average Bonchev–Trinajstić information content (AvgIpc) is 3.81. The van der Waals surface area contributed by atoms with Crippen molar-refractivity contribution in [1.82, 2.24) is 26.2 Å². The van der Waals surface area contributed by atoms with Crippen LogP contribution in [-0.2, 0) is 39.7 Å². The van der Waals surface area contributed by atoms with Crippen molar-refractivity contribution in [2.75, 3.05) is 6.54 Å². The fourth-order valence-corrected chi connectivity index (χ4v) is 9.79. The van der Waals surface area contributed by atoms with E-state index in [9.17, 15) is 33.9 Å². The minimum atomic E-state index is -1.53. The second-order valence-corrected chi connectivity index (χ2v) is 18.7. The average molecular weight is 858 g/mol. The lowest BCUT2D eigenvalue weighted by atomic mass is 9.43. The molecule has 3 aliphatic carbocycles. The Balaban J connectivity index is 1.03. The number of rotatable bonds is 17. The number of carbonyl (C=O) groups excluding carboxylic acids is 6. The van der Waals surface area contributed by atoms with Crippen LogP contribution in [0.25, 0.3) is 11.1 Å². The van der Waals surface area contributed by atoms with Gasteiger partial charge in [0.15, 0.2) is 0 Å². The summed E-state index contributed by atoms with van der Waals surface area (Å²) >= 11 is 0. The molecule has 2 bridgehead atoms. The Bertz CT molecular complexity index is 2000. The zero-order valence-corrected chi connectivity index (χ0v) is 36.9. The van der Waals surface area contributed by atoms with E-state index in [-0.39, 0.29) is 24.5 Å². The van der Waals surface area contributed by atoms with Crippen LogP contribution in [0, 0.1) is 17.3 Å². The first-order valence-corrected chi connectivity index (χ1v) is 22.0. The van der Waals surface area contributed by atoms with Gasteiger partial charge in [0.25, 0.3) is 5.91 Å². The molecule has 17 heteroatoms. The number of carbonyl (C=O) groups is 6. The summed E-state index contributed by atoms with van der Waals surface area (Å²) in [6.45, 7) is 13.2. The van der Waals surface area contributed by atoms with E-state index in [1.54, 1.807) is 19.1 Å². The molecule has 16 nitrogen and oxygen atoms in total. The molecule has 3 saturated carbocycles. The first-order valence-electron chi connectivity index (χ1n) is 22.0. The highest BCUT2D eigenvalue weighted by Gasteiger charge is 2.68. The summed E-state index contributed by atoms with van der Waals surface area (Å²) in [6, 6.07) is 9.65. The van der Waals surface area contributed by atoms with Crippen molar-refractivity contribution in [2.45, 2.75) is 147 Å². The maximum absolute atomic E-state index is 13.8. The molecule has 0 radical (unpaired) electrons. The number of nitrogens with zero attached hydrogens (tertiary/aromatic N) is 1. The van der Waals surface area contributed by atoms with Crippen LogP contribution < -0.4 is 32.7 Å². The van der Waals surface area contributed by atoms with Gasteiger partial charge in [-0.15, -0.1) is 0 Å². The molecule has 6 amide bonds. The van der Waals surface area contributed by atoms with E-state index in [2.05, 4.69) is 73.2 Å². The van der Waals surface area contributed by atoms with Crippen molar-refractivity contribution in [3.05, 3.63) is 59.7 Å². The van der Waals surface area contributed by atoms with Gasteiger partial charge in [-0.05, 0) is 106 Å². The number of hydrogen-bond donors (Lipinski definition) is 7. The highest BCUT2D eigenvalue weighted by Crippen LogP contribution is 2.65. The monoisotopic (exact) mass is 857 g/mol. The van der Waals surface area contributed by atoms with Gasteiger partial charge in [-0.25, -0.2) is 0 Å². The quantitative estimate of drug-likeness (QED) is 0.114. The second-order valence-electron chi connectivity index (χ2n) is 18.7. The molecule has 7 rings (SSSR count). The molecule has 0 spiro atoms. The summed E-state index contributed by atoms with van der Waals surface area (Å²) in [5.74, 6) is -4.20. The van der Waals surface area contributed by atoms with Crippen LogP contribution in [0.5, 0.6) is 0 Å². The van der Waals surface area contributed by atoms with Gasteiger partial charge >= 0.3 is 7.12 Å². The molecule has 2 aromatic rings. The molecule has 62 heavy (non-hydrogen) atoms. The molecule has 5 fully saturated rings. The Morgan fingerprint density at radius 2 is 1.52 bits per heavy atom. The highest BCUT2D eigenvalue weighted by molar-refractivity contribution is 6.47. The normalized spacial score (nSPS) is 27.1. The lowest BCUT2D eigenvalue weighted by Crippen LogP contribution is -2.65. The third-order valence-electron chi connectivity index (χ3n) is 13.7. The van der Waals surface area contributed by atoms with Crippen molar-refractivity contribution in [2.24, 2.45) is 28.7 Å². The minimum absolute atomic E-state index is 0.0965. The number of primary amides is 1. The third-order valence-corrected chi connectivity index (χ3v) is 13.7. The van der Waals surface area contributed by atoms with E-state index in [0.717, 1.165) is 43.2 Å². The number of aliphatic hydroxyl groups is 1. The number of hydrogen-bond acceptors (Lipinski definition) is 10. The molecule has 9 N–H and O–H groups in total. The number of nitrogens with one attached hydrogen (secondary N) is 4. The number of nitrogens with two attached hydrogens (primary N) is 2. The smallest absolute Gasteiger partial charge is 0.404 e. The molecule has 2 unspecified atom stereocenters. The molecule has 2 saturated heterocycles. The van der Waals surface area contributed by atoms with Crippen molar-refractivity contribution < 1.29 is 43.2 Å². The van der Waals surface area contributed by atoms with Crippen LogP contribution >= 0.6 is 0 Å². The van der Waals surface area contributed by atoms with Gasteiger partial charge in [-0.1, -0.05) is 63.6 Å². The maximum atomic E-state index is 13.8. The van der Waals surface area contributed by atoms with Gasteiger partial charge in [0.05, 0.1) is 30.2 Å². The fourth-order valence-electron chi connectivity index (χ4n) is 9.79. The fraction of sp³-hybridized carbons (Fsp3) is 0.600. The van der Waals surface area contributed by atoms with Crippen molar-refractivity contribution >= 4 is 42.6 Å². The van der Waals surface area contributed by atoms with Gasteiger partial charge in [0.1, 0.15) is 24.2 Å². The van der Waals surface area contributed by atoms with Crippen molar-refractivity contribution in [3.63, 3.8) is 0 Å². The lowest BCUT2D eigenvalue weighted by Gasteiger charge is -2.64. The number of unbranched alkanes of at least 4 members (excludes halogenated alkanes) is 1. The highest BCUT2D eigenvalue weighted by atomic mass is 16.7. The largest absolute Gasteiger partial charge is 0.481 e. The van der Waals surface area contributed by atoms with E-state index >= 15 is 0 Å².